The van der Waals surface area contributed by atoms with Crippen molar-refractivity contribution < 1.29 is 14.6 Å². The predicted octanol–water partition coefficient (Wildman–Crippen LogP) is 2.34. The van der Waals surface area contributed by atoms with Crippen molar-refractivity contribution in [3.05, 3.63) is 0 Å². The van der Waals surface area contributed by atoms with E-state index in [-0.39, 0.29) is 6.54 Å². The van der Waals surface area contributed by atoms with Gasteiger partial charge in [-0.3, -0.25) is 9.89 Å². The molecule has 0 aliphatic carbocycles. The van der Waals surface area contributed by atoms with E-state index in [0.29, 0.717) is 11.7 Å². The number of β-amino-alcohol motifs (C(OH)–C–C–N with tert-alkyl or cyclic N) is 1. The number of thioether (sulfide) groups is 1. The lowest BCUT2D eigenvalue weighted by atomic mass is 10.2. The Morgan fingerprint density at radius 3 is 2.50 bits per heavy atom. The van der Waals surface area contributed by atoms with Crippen LogP contribution in [-0.4, -0.2) is 52.3 Å². The second-order valence-corrected chi connectivity index (χ2v) is 5.35. The fourth-order valence-corrected chi connectivity index (χ4v) is 1.83. The topological polar surface area (TPSA) is 62.1 Å². The van der Waals surface area contributed by atoms with Gasteiger partial charge in [0.1, 0.15) is 5.60 Å². The maximum atomic E-state index is 11.8. The van der Waals surface area contributed by atoms with Crippen LogP contribution in [0.5, 0.6) is 0 Å². The van der Waals surface area contributed by atoms with Crippen molar-refractivity contribution in [2.45, 2.75) is 46.3 Å². The van der Waals surface area contributed by atoms with E-state index in [9.17, 15) is 9.90 Å². The molecule has 6 heteroatoms. The maximum absolute atomic E-state index is 11.8. The highest BCUT2D eigenvalue weighted by Gasteiger charge is 2.29. The average molecular weight is 276 g/mol. The fourth-order valence-electron chi connectivity index (χ4n) is 1.26. The maximum Gasteiger partial charge on any atom is 0.416 e. The molecule has 5 nitrogen and oxygen atoms in total. The van der Waals surface area contributed by atoms with Crippen molar-refractivity contribution >= 4 is 23.0 Å². The van der Waals surface area contributed by atoms with E-state index in [1.54, 1.807) is 20.8 Å². The van der Waals surface area contributed by atoms with Crippen molar-refractivity contribution in [1.82, 2.24) is 4.90 Å². The molecule has 0 aromatic rings. The molecule has 18 heavy (non-hydrogen) atoms. The third-order valence-corrected chi connectivity index (χ3v) is 2.57. The number of amidine groups is 1. The predicted molar refractivity (Wildman–Crippen MR) is 76.1 cm³/mol. The molecule has 1 rings (SSSR count). The van der Waals surface area contributed by atoms with Gasteiger partial charge in [0.15, 0.2) is 5.17 Å². The van der Waals surface area contributed by atoms with Crippen LogP contribution in [0.3, 0.4) is 0 Å². The third kappa shape index (κ3) is 5.73. The quantitative estimate of drug-likeness (QED) is 0.737. The first-order valence-corrected chi connectivity index (χ1v) is 7.33. The second-order valence-electron chi connectivity index (χ2n) is 4.57. The number of carbonyl (C=O) groups excluding carboxylic acids is 1. The van der Waals surface area contributed by atoms with Crippen LogP contribution in [0.2, 0.25) is 0 Å². The Morgan fingerprint density at radius 1 is 1.50 bits per heavy atom. The highest BCUT2D eigenvalue weighted by atomic mass is 32.2. The molecule has 1 atom stereocenters. The molecule has 106 valence electrons. The van der Waals surface area contributed by atoms with Gasteiger partial charge in [-0.1, -0.05) is 25.6 Å². The summed E-state index contributed by atoms with van der Waals surface area (Å²) in [4.78, 5) is 17.3. The smallest absolute Gasteiger partial charge is 0.416 e. The first kappa shape index (κ1) is 17.2. The van der Waals surface area contributed by atoms with Crippen LogP contribution in [0.4, 0.5) is 4.79 Å². The molecular weight excluding hydrogens is 252 g/mol. The summed E-state index contributed by atoms with van der Waals surface area (Å²) < 4.78 is 5.24. The number of aliphatic hydroxyl groups is 1. The van der Waals surface area contributed by atoms with Gasteiger partial charge in [0.25, 0.3) is 0 Å². The van der Waals surface area contributed by atoms with Crippen LogP contribution in [0, 0.1) is 0 Å². The molecule has 1 aliphatic heterocycles. The van der Waals surface area contributed by atoms with Gasteiger partial charge in [0.05, 0.1) is 19.2 Å². The molecule has 0 aromatic heterocycles. The fraction of sp³-hybridized carbons (Fsp3) is 0.833. The Hall–Kier alpha value is -0.750. The van der Waals surface area contributed by atoms with Crippen LogP contribution >= 0.6 is 11.8 Å². The van der Waals surface area contributed by atoms with Crippen LogP contribution < -0.4 is 0 Å². The number of rotatable bonds is 0. The van der Waals surface area contributed by atoms with Gasteiger partial charge in [-0.05, 0) is 27.0 Å². The summed E-state index contributed by atoms with van der Waals surface area (Å²) in [5.41, 5.74) is -0.539. The second kappa shape index (κ2) is 7.63. The van der Waals surface area contributed by atoms with Gasteiger partial charge in [-0.15, -0.1) is 0 Å². The summed E-state index contributed by atoms with van der Waals surface area (Å²) in [6.07, 6.45) is 0.774. The van der Waals surface area contributed by atoms with Gasteiger partial charge in [0, 0.05) is 0 Å². The first-order chi connectivity index (χ1) is 8.33. The normalized spacial score (nSPS) is 19.6. The van der Waals surface area contributed by atoms with E-state index < -0.39 is 17.8 Å². The minimum Gasteiger partial charge on any atom is -0.443 e. The summed E-state index contributed by atoms with van der Waals surface area (Å²) in [5, 5.41) is 10.1. The largest absolute Gasteiger partial charge is 0.443 e. The summed E-state index contributed by atoms with van der Waals surface area (Å²) >= 11 is 1.37. The monoisotopic (exact) mass is 276 g/mol. The number of aliphatic hydroxyl groups excluding tert-OH is 1. The van der Waals surface area contributed by atoms with Crippen LogP contribution in [0.25, 0.3) is 0 Å². The molecule has 1 unspecified atom stereocenters. The third-order valence-electron chi connectivity index (χ3n) is 1.86. The van der Waals surface area contributed by atoms with Crippen molar-refractivity contribution in [3.8, 4) is 0 Å². The molecule has 1 heterocycles. The number of nitrogens with zero attached hydrogens (tertiary/aromatic N) is 2. The van der Waals surface area contributed by atoms with E-state index in [1.807, 2.05) is 20.1 Å². The minimum absolute atomic E-state index is 0.245. The average Bonchev–Trinajstić information content (AvgIpc) is 2.29. The lowest BCUT2D eigenvalue weighted by Crippen LogP contribution is -2.47. The molecule has 0 fully saturated rings. The van der Waals surface area contributed by atoms with Crippen molar-refractivity contribution in [1.29, 1.82) is 0 Å². The van der Waals surface area contributed by atoms with Crippen molar-refractivity contribution in [2.75, 3.05) is 19.3 Å². The number of carbonyl (C=O) groups is 1. The standard InChI is InChI=1S/C10H18N2O3S.C2H6/c1-10(2,3)15-9(14)12-6-7(13)5-11-8(12)16-4;1-2/h7,13H,5-6H2,1-4H3;1-2H3. The van der Waals surface area contributed by atoms with Crippen molar-refractivity contribution in [2.24, 2.45) is 4.99 Å². The van der Waals surface area contributed by atoms with E-state index in [0.717, 1.165) is 0 Å². The molecule has 1 N–H and O–H groups in total. The van der Waals surface area contributed by atoms with Gasteiger partial charge in [0.2, 0.25) is 0 Å². The molecule has 0 radical (unpaired) electrons. The highest BCUT2D eigenvalue weighted by molar-refractivity contribution is 8.13. The summed E-state index contributed by atoms with van der Waals surface area (Å²) in [5.74, 6) is 0. The van der Waals surface area contributed by atoms with Gasteiger partial charge in [-0.2, -0.15) is 0 Å². The molecule has 1 aliphatic rings. The van der Waals surface area contributed by atoms with Crippen LogP contribution in [0.1, 0.15) is 34.6 Å². The van der Waals surface area contributed by atoms with E-state index >= 15 is 0 Å². The molecule has 0 aromatic carbocycles. The van der Waals surface area contributed by atoms with E-state index in [4.69, 9.17) is 4.74 Å². The number of amides is 1. The van der Waals surface area contributed by atoms with Gasteiger partial charge < -0.3 is 9.84 Å². The summed E-state index contributed by atoms with van der Waals surface area (Å²) in [6, 6.07) is 0. The van der Waals surface area contributed by atoms with Gasteiger partial charge >= 0.3 is 6.09 Å². The number of hydrogen-bond acceptors (Lipinski definition) is 5. The Morgan fingerprint density at radius 2 is 2.06 bits per heavy atom. The molecule has 0 saturated carbocycles. The molecule has 0 spiro atoms. The molecule has 0 bridgehead atoms. The minimum atomic E-state index is -0.608. The van der Waals surface area contributed by atoms with E-state index in [1.165, 1.54) is 16.7 Å². The Balaban J connectivity index is 0.00000137. The lowest BCUT2D eigenvalue weighted by molar-refractivity contribution is 0.0289. The zero-order valence-corrected chi connectivity index (χ0v) is 12.9. The number of hydrogen-bond donors (Lipinski definition) is 1. The van der Waals surface area contributed by atoms with Crippen molar-refractivity contribution in [3.63, 3.8) is 0 Å². The molecule has 1 amide bonds. The van der Waals surface area contributed by atoms with E-state index in [2.05, 4.69) is 4.99 Å². The summed E-state index contributed by atoms with van der Waals surface area (Å²) in [6.45, 7) is 10.0. The Bertz CT molecular complexity index is 300. The molecule has 0 saturated heterocycles. The Kier molecular flexibility index (Phi) is 7.32. The lowest BCUT2D eigenvalue weighted by Gasteiger charge is -2.31. The zero-order chi connectivity index (χ0) is 14.3. The zero-order valence-electron chi connectivity index (χ0n) is 12.1. The SMILES string of the molecule is CC.CSC1=NCC(O)CN1C(=O)OC(C)(C)C. The molecular formula is C12H24N2O3S. The Labute approximate surface area is 114 Å². The number of ether oxygens (including phenoxy) is 1. The van der Waals surface area contributed by atoms with Crippen LogP contribution in [0.15, 0.2) is 4.99 Å². The highest BCUT2D eigenvalue weighted by Crippen LogP contribution is 2.16. The number of aliphatic imine (C=N–C) groups is 1. The first-order valence-electron chi connectivity index (χ1n) is 6.10. The van der Waals surface area contributed by atoms with Crippen LogP contribution in [-0.2, 0) is 4.74 Å². The summed E-state index contributed by atoms with van der Waals surface area (Å²) in [7, 11) is 0. The van der Waals surface area contributed by atoms with Gasteiger partial charge in [-0.25, -0.2) is 4.79 Å².